The van der Waals surface area contributed by atoms with Crippen LogP contribution in [0.25, 0.3) is 0 Å². The van der Waals surface area contributed by atoms with Crippen LogP contribution < -0.4 is 9.79 Å². The summed E-state index contributed by atoms with van der Waals surface area (Å²) in [7, 11) is -3.37. The fourth-order valence-corrected chi connectivity index (χ4v) is 0. The topological polar surface area (TPSA) is 63.2 Å². The van der Waals surface area contributed by atoms with Gasteiger partial charge in [0.2, 0.25) is 0 Å². The molecule has 3 nitrogen and oxygen atoms in total. The maximum absolute atomic E-state index is 8.48. The van der Waals surface area contributed by atoms with Gasteiger partial charge in [-0.3, -0.25) is 0 Å². The Labute approximate surface area is 56.5 Å². The van der Waals surface area contributed by atoms with Crippen LogP contribution in [0.5, 0.6) is 0 Å². The van der Waals surface area contributed by atoms with Gasteiger partial charge in [-0.2, -0.15) is 0 Å². The van der Waals surface area contributed by atoms with Gasteiger partial charge in [-0.05, 0) is 0 Å². The summed E-state index contributed by atoms with van der Waals surface area (Å²) >= 11 is 0. The predicted octanol–water partition coefficient (Wildman–Crippen LogP) is -0.612. The van der Waals surface area contributed by atoms with E-state index in [9.17, 15) is 0 Å². The first-order valence-corrected chi connectivity index (χ1v) is 2.64. The van der Waals surface area contributed by atoms with Gasteiger partial charge in [0.1, 0.15) is 0 Å². The van der Waals surface area contributed by atoms with Gasteiger partial charge in [0.05, 0.1) is 0 Å². The molecule has 0 aliphatic heterocycles. The molecule has 0 spiro atoms. The summed E-state index contributed by atoms with van der Waals surface area (Å²) in [5.41, 5.74) is 0. The van der Waals surface area contributed by atoms with Crippen LogP contribution in [-0.2, 0) is 24.0 Å². The van der Waals surface area contributed by atoms with Gasteiger partial charge in [-0.25, -0.2) is 0 Å². The quantitative estimate of drug-likeness (QED) is 0.363. The fraction of sp³-hybridized carbons (Fsp3) is 1.00. The number of hydrogen-bond donors (Lipinski definition) is 0. The minimum Gasteiger partial charge on any atom is -0.598 e. The molecule has 0 saturated heterocycles. The second-order valence-electron chi connectivity index (χ2n) is 0.224. The van der Waals surface area contributed by atoms with E-state index in [2.05, 4.69) is 0 Å². The molecule has 0 aromatic heterocycles. The number of hydrogen-bond acceptors (Lipinski definition) is 3. The van der Waals surface area contributed by atoms with Crippen LogP contribution in [-0.4, -0.2) is 0 Å². The number of rotatable bonds is 0. The first-order valence-electron chi connectivity index (χ1n) is 1.55. The van der Waals surface area contributed by atoms with Crippen LogP contribution in [0, 0.1) is 0 Å². The summed E-state index contributed by atoms with van der Waals surface area (Å²) < 4.78 is 8.48. The Kier molecular flexibility index (Phi) is 35.6. The molecule has 0 aromatic carbocycles. The van der Waals surface area contributed by atoms with E-state index in [4.69, 9.17) is 14.4 Å². The van der Waals surface area contributed by atoms with Crippen LogP contribution in [0.2, 0.25) is 0 Å². The summed E-state index contributed by atoms with van der Waals surface area (Å²) in [5, 5.41) is 0. The Morgan fingerprint density at radius 1 is 1.29 bits per heavy atom. The van der Waals surface area contributed by atoms with E-state index in [1.807, 2.05) is 13.8 Å². The van der Waals surface area contributed by atoms with Crippen LogP contribution >= 0.6 is 8.25 Å². The summed E-state index contributed by atoms with van der Waals surface area (Å²) in [4.78, 5) is 17.0. The van der Waals surface area contributed by atoms with Gasteiger partial charge in [-0.1, -0.05) is 18.4 Å². The standard InChI is InChI=1S/C2H6.HO3P.Zn/c1-2;1-4(2)3;/h1-2H3;(H,1,2,3);/q;;+2/p-1. The fourth-order valence-electron chi connectivity index (χ4n) is 0. The Morgan fingerprint density at radius 3 is 1.29 bits per heavy atom. The molecule has 5 heteroatoms. The first-order chi connectivity index (χ1) is 2.73. The van der Waals surface area contributed by atoms with Gasteiger partial charge in [0, 0.05) is 0 Å². The molecule has 0 rings (SSSR count). The molecule has 0 fully saturated rings. The largest absolute Gasteiger partial charge is 2.00 e. The molecule has 0 aromatic rings. The third-order valence-corrected chi connectivity index (χ3v) is 0. The zero-order valence-electron chi connectivity index (χ0n) is 4.38. The van der Waals surface area contributed by atoms with E-state index in [0.717, 1.165) is 0 Å². The SMILES string of the molecule is CC.O=[P+]([O-])[O-].[Zn+2]. The van der Waals surface area contributed by atoms with Crippen molar-refractivity contribution in [1.82, 2.24) is 0 Å². The van der Waals surface area contributed by atoms with E-state index in [1.54, 1.807) is 0 Å². The molecule has 0 heterocycles. The average molecular weight is 174 g/mol. The molecule has 0 atom stereocenters. The molecule has 0 aliphatic rings. The second kappa shape index (κ2) is 15.9. The van der Waals surface area contributed by atoms with Gasteiger partial charge in [0.25, 0.3) is 8.25 Å². The van der Waals surface area contributed by atoms with E-state index < -0.39 is 8.25 Å². The van der Waals surface area contributed by atoms with E-state index in [1.165, 1.54) is 0 Å². The molecule has 0 amide bonds. The van der Waals surface area contributed by atoms with Crippen molar-refractivity contribution in [3.8, 4) is 0 Å². The van der Waals surface area contributed by atoms with E-state index in [0.29, 0.717) is 0 Å². The summed E-state index contributed by atoms with van der Waals surface area (Å²) in [5.74, 6) is 0. The van der Waals surface area contributed by atoms with Gasteiger partial charge in [-0.15, -0.1) is 0 Å². The van der Waals surface area contributed by atoms with Crippen molar-refractivity contribution >= 4 is 8.25 Å². The van der Waals surface area contributed by atoms with Gasteiger partial charge >= 0.3 is 19.5 Å². The average Bonchev–Trinajstić information content (AvgIpc) is 1.41. The molecule has 0 aliphatic carbocycles. The predicted molar refractivity (Wildman–Crippen MR) is 19.0 cm³/mol. The monoisotopic (exact) mass is 173 g/mol. The Morgan fingerprint density at radius 2 is 1.29 bits per heavy atom. The summed E-state index contributed by atoms with van der Waals surface area (Å²) in [6.45, 7) is 4.00. The van der Waals surface area contributed by atoms with Crippen molar-refractivity contribution in [3.63, 3.8) is 0 Å². The minimum atomic E-state index is -3.37. The van der Waals surface area contributed by atoms with Crippen molar-refractivity contribution < 1.29 is 33.8 Å². The van der Waals surface area contributed by atoms with Crippen molar-refractivity contribution in [1.29, 1.82) is 0 Å². The van der Waals surface area contributed by atoms with Gasteiger partial charge in [0.15, 0.2) is 0 Å². The van der Waals surface area contributed by atoms with Crippen LogP contribution in [0.15, 0.2) is 0 Å². The zero-order chi connectivity index (χ0) is 5.58. The van der Waals surface area contributed by atoms with E-state index >= 15 is 0 Å². The molecule has 38 valence electrons. The molecule has 0 N–H and O–H groups in total. The zero-order valence-corrected chi connectivity index (χ0v) is 8.24. The summed E-state index contributed by atoms with van der Waals surface area (Å²) in [6.07, 6.45) is 0. The second-order valence-corrected chi connectivity index (χ2v) is 0.671. The van der Waals surface area contributed by atoms with Gasteiger partial charge < -0.3 is 9.79 Å². The van der Waals surface area contributed by atoms with Crippen LogP contribution in [0.1, 0.15) is 13.8 Å². The molecule has 0 saturated carbocycles. The van der Waals surface area contributed by atoms with Crippen molar-refractivity contribution in [2.45, 2.75) is 13.8 Å². The third kappa shape index (κ3) is 346. The molecular formula is C2H6O3PZn+. The molecular weight excluding hydrogens is 168 g/mol. The maximum Gasteiger partial charge on any atom is 2.00 e. The summed E-state index contributed by atoms with van der Waals surface area (Å²) in [6, 6.07) is 0. The molecule has 0 bridgehead atoms. The molecule has 0 radical (unpaired) electrons. The molecule has 7 heavy (non-hydrogen) atoms. The first kappa shape index (κ1) is 15.6. The Hall–Kier alpha value is 0.643. The van der Waals surface area contributed by atoms with Crippen LogP contribution in [0.3, 0.4) is 0 Å². The normalized spacial score (nSPS) is 4.57. The van der Waals surface area contributed by atoms with Crippen molar-refractivity contribution in [2.24, 2.45) is 0 Å². The maximum atomic E-state index is 8.48. The Balaban J connectivity index is -0.0000000480. The van der Waals surface area contributed by atoms with E-state index in [-0.39, 0.29) is 19.5 Å². The minimum absolute atomic E-state index is 0. The van der Waals surface area contributed by atoms with Crippen LogP contribution in [0.4, 0.5) is 0 Å². The third-order valence-electron chi connectivity index (χ3n) is 0. The van der Waals surface area contributed by atoms with Crippen molar-refractivity contribution in [3.05, 3.63) is 0 Å². The van der Waals surface area contributed by atoms with Crippen molar-refractivity contribution in [2.75, 3.05) is 0 Å². The smallest absolute Gasteiger partial charge is 0.598 e. The Bertz CT molecular complexity index is 35.9. The molecule has 0 unspecified atom stereocenters.